The number of rotatable bonds is 3. The fourth-order valence-electron chi connectivity index (χ4n) is 2.89. The number of alkyl halides is 6. The van der Waals surface area contributed by atoms with E-state index in [2.05, 4.69) is 5.32 Å². The molecule has 1 amide bonds. The van der Waals surface area contributed by atoms with Crippen molar-refractivity contribution in [2.75, 3.05) is 5.32 Å². The van der Waals surface area contributed by atoms with Gasteiger partial charge in [-0.25, -0.2) is 0 Å². The predicted molar refractivity (Wildman–Crippen MR) is 103 cm³/mol. The summed E-state index contributed by atoms with van der Waals surface area (Å²) < 4.78 is 80.2. The third-order valence-corrected chi connectivity index (χ3v) is 4.50. The fourth-order valence-corrected chi connectivity index (χ4v) is 3.06. The summed E-state index contributed by atoms with van der Waals surface area (Å²) in [4.78, 5) is 12.4. The van der Waals surface area contributed by atoms with Gasteiger partial charge in [-0.2, -0.15) is 26.3 Å². The Bertz CT molecular complexity index is 1140. The molecule has 0 radical (unpaired) electrons. The predicted octanol–water partition coefficient (Wildman–Crippen LogP) is 7.00. The molecule has 0 aliphatic carbocycles. The van der Waals surface area contributed by atoms with E-state index in [9.17, 15) is 36.2 Å². The summed E-state index contributed by atoms with van der Waals surface area (Å²) in [6.07, 6.45) is -9.69. The van der Waals surface area contributed by atoms with Gasteiger partial charge in [0.15, 0.2) is 0 Å². The van der Waals surface area contributed by atoms with Gasteiger partial charge in [-0.15, -0.1) is 0 Å². The van der Waals surface area contributed by atoms with Gasteiger partial charge in [-0.1, -0.05) is 29.8 Å². The lowest BCUT2D eigenvalue weighted by Gasteiger charge is -2.17. The van der Waals surface area contributed by atoms with Crippen molar-refractivity contribution in [2.45, 2.75) is 12.4 Å². The molecule has 0 aliphatic rings. The molecule has 2 N–H and O–H groups in total. The molecule has 3 aromatic rings. The molecule has 162 valence electrons. The topological polar surface area (TPSA) is 49.3 Å². The van der Waals surface area contributed by atoms with Crippen molar-refractivity contribution in [1.29, 1.82) is 0 Å². The summed E-state index contributed by atoms with van der Waals surface area (Å²) in [7, 11) is 0. The molecule has 0 unspecified atom stereocenters. The lowest BCUT2D eigenvalue weighted by molar-refractivity contribution is -0.137. The zero-order chi connectivity index (χ0) is 23.0. The molecule has 0 aromatic heterocycles. The van der Waals surface area contributed by atoms with Gasteiger partial charge in [0, 0.05) is 10.7 Å². The normalized spacial score (nSPS) is 12.0. The van der Waals surface area contributed by atoms with Gasteiger partial charge in [0.1, 0.15) is 5.75 Å². The van der Waals surface area contributed by atoms with Crippen molar-refractivity contribution in [1.82, 2.24) is 0 Å². The van der Waals surface area contributed by atoms with Crippen molar-refractivity contribution in [3.63, 3.8) is 0 Å². The first-order chi connectivity index (χ1) is 14.4. The Morgan fingerprint density at radius 1 is 0.871 bits per heavy atom. The molecule has 10 heteroatoms. The molecule has 3 aromatic carbocycles. The van der Waals surface area contributed by atoms with Crippen LogP contribution in [0, 0.1) is 0 Å². The summed E-state index contributed by atoms with van der Waals surface area (Å²) in [6, 6.07) is 9.80. The van der Waals surface area contributed by atoms with Crippen LogP contribution in [0.1, 0.15) is 21.5 Å². The second-order valence-electron chi connectivity index (χ2n) is 6.46. The second-order valence-corrected chi connectivity index (χ2v) is 6.89. The molecule has 0 atom stereocenters. The minimum atomic E-state index is -4.89. The number of halogens is 7. The zero-order valence-electron chi connectivity index (χ0n) is 15.3. The average Bonchev–Trinajstić information content (AvgIpc) is 2.68. The first-order valence-electron chi connectivity index (χ1n) is 8.55. The number of benzene rings is 3. The van der Waals surface area contributed by atoms with Crippen molar-refractivity contribution in [2.24, 2.45) is 0 Å². The number of anilines is 1. The number of carbonyl (C=O) groups excluding carboxylic acids is 1. The molecule has 0 spiro atoms. The van der Waals surface area contributed by atoms with Crippen molar-refractivity contribution in [3.8, 4) is 16.9 Å². The quantitative estimate of drug-likeness (QED) is 0.414. The minimum absolute atomic E-state index is 0.0896. The van der Waals surface area contributed by atoms with E-state index in [1.165, 1.54) is 12.1 Å². The van der Waals surface area contributed by atoms with Crippen molar-refractivity contribution in [3.05, 3.63) is 82.4 Å². The van der Waals surface area contributed by atoms with Crippen LogP contribution >= 0.6 is 11.6 Å². The van der Waals surface area contributed by atoms with Crippen LogP contribution in [0.5, 0.6) is 5.75 Å². The van der Waals surface area contributed by atoms with E-state index >= 15 is 0 Å². The van der Waals surface area contributed by atoms with E-state index in [-0.39, 0.29) is 10.6 Å². The summed E-state index contributed by atoms with van der Waals surface area (Å²) in [5.41, 5.74) is -3.99. The zero-order valence-corrected chi connectivity index (χ0v) is 16.0. The number of phenols is 1. The van der Waals surface area contributed by atoms with E-state index in [0.717, 1.165) is 36.4 Å². The van der Waals surface area contributed by atoms with Crippen LogP contribution in [-0.2, 0) is 12.4 Å². The third kappa shape index (κ3) is 5.11. The van der Waals surface area contributed by atoms with Gasteiger partial charge in [0.25, 0.3) is 5.91 Å². The third-order valence-electron chi connectivity index (χ3n) is 4.26. The van der Waals surface area contributed by atoms with Crippen LogP contribution in [0.15, 0.2) is 60.7 Å². The minimum Gasteiger partial charge on any atom is -0.507 e. The number of carbonyl (C=O) groups is 1. The summed E-state index contributed by atoms with van der Waals surface area (Å²) in [5.74, 6) is -1.47. The Morgan fingerprint density at radius 2 is 1.55 bits per heavy atom. The number of hydrogen-bond donors (Lipinski definition) is 2. The Labute approximate surface area is 176 Å². The highest BCUT2D eigenvalue weighted by Gasteiger charge is 2.35. The largest absolute Gasteiger partial charge is 0.507 e. The lowest BCUT2D eigenvalue weighted by atomic mass is 9.96. The monoisotopic (exact) mass is 459 g/mol. The molecular weight excluding hydrogens is 448 g/mol. The van der Waals surface area contributed by atoms with Crippen LogP contribution in [-0.4, -0.2) is 11.0 Å². The van der Waals surface area contributed by atoms with Gasteiger partial charge in [0.05, 0.1) is 16.7 Å². The SMILES string of the molecule is O=C(Nc1cc(-c2ccccc2C(F)(F)F)cc(C(F)(F)F)c1)c1cc(Cl)ccc1O. The molecule has 31 heavy (non-hydrogen) atoms. The number of hydrogen-bond acceptors (Lipinski definition) is 2. The van der Waals surface area contributed by atoms with Crippen LogP contribution < -0.4 is 5.32 Å². The van der Waals surface area contributed by atoms with Gasteiger partial charge < -0.3 is 10.4 Å². The van der Waals surface area contributed by atoms with E-state index in [1.807, 2.05) is 0 Å². The molecule has 0 aliphatic heterocycles. The Kier molecular flexibility index (Phi) is 5.91. The highest BCUT2D eigenvalue weighted by atomic mass is 35.5. The molecule has 0 saturated carbocycles. The number of amides is 1. The van der Waals surface area contributed by atoms with Gasteiger partial charge in [-0.3, -0.25) is 4.79 Å². The lowest BCUT2D eigenvalue weighted by Crippen LogP contribution is -2.14. The smallest absolute Gasteiger partial charge is 0.417 e. The van der Waals surface area contributed by atoms with Gasteiger partial charge >= 0.3 is 12.4 Å². The Morgan fingerprint density at radius 3 is 2.19 bits per heavy atom. The molecule has 0 fully saturated rings. The van der Waals surface area contributed by atoms with E-state index in [1.54, 1.807) is 0 Å². The van der Waals surface area contributed by atoms with Crippen LogP contribution in [0.4, 0.5) is 32.0 Å². The van der Waals surface area contributed by atoms with E-state index < -0.39 is 52.0 Å². The van der Waals surface area contributed by atoms with Gasteiger partial charge in [-0.05, 0) is 53.6 Å². The van der Waals surface area contributed by atoms with E-state index in [4.69, 9.17) is 11.6 Å². The molecule has 3 nitrogen and oxygen atoms in total. The molecule has 3 rings (SSSR count). The van der Waals surface area contributed by atoms with E-state index in [0.29, 0.717) is 12.1 Å². The van der Waals surface area contributed by atoms with Crippen LogP contribution in [0.3, 0.4) is 0 Å². The summed E-state index contributed by atoms with van der Waals surface area (Å²) in [6.45, 7) is 0. The maximum Gasteiger partial charge on any atom is 0.417 e. The average molecular weight is 460 g/mol. The summed E-state index contributed by atoms with van der Waals surface area (Å²) in [5, 5.41) is 12.1. The highest BCUT2D eigenvalue weighted by molar-refractivity contribution is 6.31. The Balaban J connectivity index is 2.11. The standard InChI is InChI=1S/C21H12ClF6NO2/c22-13-5-6-18(30)16(10-13)19(31)29-14-8-11(7-12(9-14)20(23,24)25)15-3-1-2-4-17(15)21(26,27)28/h1-10,30H,(H,29,31). The second kappa shape index (κ2) is 8.14. The number of nitrogens with one attached hydrogen (secondary N) is 1. The van der Waals surface area contributed by atoms with Crippen molar-refractivity contribution < 1.29 is 36.2 Å². The molecule has 0 bridgehead atoms. The number of phenolic OH excluding ortho intramolecular Hbond substituents is 1. The summed E-state index contributed by atoms with van der Waals surface area (Å²) >= 11 is 5.77. The molecular formula is C21H12ClF6NO2. The highest BCUT2D eigenvalue weighted by Crippen LogP contribution is 2.40. The Hall–Kier alpha value is -3.20. The van der Waals surface area contributed by atoms with Crippen LogP contribution in [0.2, 0.25) is 5.02 Å². The maximum atomic E-state index is 13.4. The van der Waals surface area contributed by atoms with Crippen molar-refractivity contribution >= 4 is 23.2 Å². The first-order valence-corrected chi connectivity index (χ1v) is 8.93. The fraction of sp³-hybridized carbons (Fsp3) is 0.0952. The van der Waals surface area contributed by atoms with Gasteiger partial charge in [0.2, 0.25) is 0 Å². The first kappa shape index (κ1) is 22.5. The number of aromatic hydroxyl groups is 1. The van der Waals surface area contributed by atoms with Crippen LogP contribution in [0.25, 0.3) is 11.1 Å². The maximum absolute atomic E-state index is 13.4. The molecule has 0 heterocycles. The molecule has 0 saturated heterocycles.